The van der Waals surface area contributed by atoms with Gasteiger partial charge >= 0.3 is 12.1 Å². The van der Waals surface area contributed by atoms with E-state index in [2.05, 4.69) is 11.3 Å². The Hall–Kier alpha value is -2.55. The van der Waals surface area contributed by atoms with E-state index in [1.165, 1.54) is 18.2 Å². The SMILES string of the molecule is C=CCOC(=O)C(C#N)=Cc1cccc(C(F)(F)F)c1. The third-order valence-corrected chi connectivity index (χ3v) is 2.20. The molecule has 0 aliphatic carbocycles. The number of hydrogen-bond acceptors (Lipinski definition) is 3. The Labute approximate surface area is 113 Å². The molecule has 0 bridgehead atoms. The Balaban J connectivity index is 3.05. The van der Waals surface area contributed by atoms with Crippen molar-refractivity contribution < 1.29 is 22.7 Å². The fraction of sp³-hybridized carbons (Fsp3) is 0.143. The van der Waals surface area contributed by atoms with E-state index in [-0.39, 0.29) is 17.7 Å². The maximum Gasteiger partial charge on any atom is 0.416 e. The Bertz CT molecular complexity index is 583. The number of halogens is 3. The van der Waals surface area contributed by atoms with E-state index < -0.39 is 17.7 Å². The standard InChI is InChI=1S/C14H10F3NO2/c1-2-6-20-13(19)11(9-18)7-10-4-3-5-12(8-10)14(15,16)17/h2-5,7-8H,1,6H2. The van der Waals surface area contributed by atoms with Crippen molar-refractivity contribution in [3.63, 3.8) is 0 Å². The largest absolute Gasteiger partial charge is 0.457 e. The lowest BCUT2D eigenvalue weighted by atomic mass is 10.1. The molecule has 0 spiro atoms. The molecule has 1 aromatic rings. The second-order valence-electron chi connectivity index (χ2n) is 3.68. The monoisotopic (exact) mass is 281 g/mol. The van der Waals surface area contributed by atoms with Crippen LogP contribution in [0.3, 0.4) is 0 Å². The molecule has 0 aliphatic rings. The molecular weight excluding hydrogens is 271 g/mol. The number of nitriles is 1. The van der Waals surface area contributed by atoms with Gasteiger partial charge in [-0.15, -0.1) is 0 Å². The highest BCUT2D eigenvalue weighted by Crippen LogP contribution is 2.29. The van der Waals surface area contributed by atoms with Crippen LogP contribution in [0.1, 0.15) is 11.1 Å². The summed E-state index contributed by atoms with van der Waals surface area (Å²) in [5.74, 6) is -0.912. The average Bonchev–Trinajstić information content (AvgIpc) is 2.41. The molecule has 0 fully saturated rings. The van der Waals surface area contributed by atoms with Crippen molar-refractivity contribution in [3.8, 4) is 6.07 Å². The van der Waals surface area contributed by atoms with Crippen LogP contribution in [0.25, 0.3) is 6.08 Å². The van der Waals surface area contributed by atoms with E-state index in [1.54, 1.807) is 6.07 Å². The van der Waals surface area contributed by atoms with Crippen molar-refractivity contribution in [1.29, 1.82) is 5.26 Å². The van der Waals surface area contributed by atoms with Gasteiger partial charge in [-0.25, -0.2) is 4.79 Å². The van der Waals surface area contributed by atoms with Crippen LogP contribution >= 0.6 is 0 Å². The van der Waals surface area contributed by atoms with Crippen molar-refractivity contribution in [2.24, 2.45) is 0 Å². The normalized spacial score (nSPS) is 11.6. The summed E-state index contributed by atoms with van der Waals surface area (Å²) in [4.78, 5) is 11.4. The van der Waals surface area contributed by atoms with Gasteiger partial charge in [-0.05, 0) is 23.8 Å². The first-order chi connectivity index (χ1) is 9.38. The molecule has 0 saturated heterocycles. The summed E-state index contributed by atoms with van der Waals surface area (Å²) in [6.45, 7) is 3.25. The highest BCUT2D eigenvalue weighted by molar-refractivity contribution is 5.97. The zero-order valence-electron chi connectivity index (χ0n) is 10.3. The molecule has 3 nitrogen and oxygen atoms in total. The molecule has 0 aliphatic heterocycles. The lowest BCUT2D eigenvalue weighted by molar-refractivity contribution is -0.138. The zero-order valence-corrected chi connectivity index (χ0v) is 10.3. The molecule has 0 N–H and O–H groups in total. The lowest BCUT2D eigenvalue weighted by Crippen LogP contribution is -2.07. The van der Waals surface area contributed by atoms with Gasteiger partial charge in [0.15, 0.2) is 0 Å². The molecule has 1 aromatic carbocycles. The second kappa shape index (κ2) is 6.57. The van der Waals surface area contributed by atoms with Gasteiger partial charge in [0.1, 0.15) is 18.2 Å². The molecule has 0 atom stereocenters. The minimum absolute atomic E-state index is 0.0829. The van der Waals surface area contributed by atoms with Crippen LogP contribution in [-0.2, 0) is 15.7 Å². The fourth-order valence-electron chi connectivity index (χ4n) is 1.32. The Morgan fingerprint density at radius 1 is 1.45 bits per heavy atom. The maximum atomic E-state index is 12.5. The van der Waals surface area contributed by atoms with Crippen molar-refractivity contribution in [2.45, 2.75) is 6.18 Å². The zero-order chi connectivity index (χ0) is 15.2. The number of carbonyl (C=O) groups is 1. The minimum Gasteiger partial charge on any atom is -0.457 e. The molecule has 20 heavy (non-hydrogen) atoms. The van der Waals surface area contributed by atoms with Crippen LogP contribution in [0.15, 0.2) is 42.5 Å². The van der Waals surface area contributed by atoms with Crippen LogP contribution in [0.4, 0.5) is 13.2 Å². The van der Waals surface area contributed by atoms with Crippen LogP contribution in [-0.4, -0.2) is 12.6 Å². The summed E-state index contributed by atoms with van der Waals surface area (Å²) in [5, 5.41) is 8.82. The Morgan fingerprint density at radius 3 is 2.70 bits per heavy atom. The first-order valence-corrected chi connectivity index (χ1v) is 5.45. The number of alkyl halides is 3. The van der Waals surface area contributed by atoms with Gasteiger partial charge in [-0.2, -0.15) is 18.4 Å². The Kier molecular flexibility index (Phi) is 5.09. The van der Waals surface area contributed by atoms with Crippen LogP contribution < -0.4 is 0 Å². The van der Waals surface area contributed by atoms with Gasteiger partial charge in [-0.1, -0.05) is 24.8 Å². The molecule has 104 valence electrons. The van der Waals surface area contributed by atoms with Gasteiger partial charge in [0.2, 0.25) is 0 Å². The lowest BCUT2D eigenvalue weighted by Gasteiger charge is -2.07. The van der Waals surface area contributed by atoms with Gasteiger partial charge < -0.3 is 4.74 Å². The summed E-state index contributed by atoms with van der Waals surface area (Å²) < 4.78 is 42.2. The van der Waals surface area contributed by atoms with E-state index in [0.29, 0.717) is 0 Å². The molecule has 0 radical (unpaired) electrons. The summed E-state index contributed by atoms with van der Waals surface area (Å²) >= 11 is 0. The van der Waals surface area contributed by atoms with Crippen LogP contribution in [0, 0.1) is 11.3 Å². The minimum atomic E-state index is -4.49. The number of benzene rings is 1. The van der Waals surface area contributed by atoms with E-state index in [4.69, 9.17) is 5.26 Å². The number of ether oxygens (including phenoxy) is 1. The van der Waals surface area contributed by atoms with Crippen molar-refractivity contribution in [3.05, 3.63) is 53.6 Å². The number of nitrogens with zero attached hydrogens (tertiary/aromatic N) is 1. The number of rotatable bonds is 4. The highest BCUT2D eigenvalue weighted by atomic mass is 19.4. The smallest absolute Gasteiger partial charge is 0.416 e. The summed E-state index contributed by atoms with van der Waals surface area (Å²) in [5.41, 5.74) is -1.15. The molecule has 0 saturated carbocycles. The topological polar surface area (TPSA) is 50.1 Å². The molecule has 0 heterocycles. The van der Waals surface area contributed by atoms with E-state index in [0.717, 1.165) is 18.2 Å². The maximum absolute atomic E-state index is 12.5. The van der Waals surface area contributed by atoms with Crippen molar-refractivity contribution >= 4 is 12.0 Å². The molecule has 6 heteroatoms. The van der Waals surface area contributed by atoms with E-state index in [1.807, 2.05) is 0 Å². The quantitative estimate of drug-likeness (QED) is 0.368. The summed E-state index contributed by atoms with van der Waals surface area (Å²) in [6, 6.07) is 5.88. The number of carbonyl (C=O) groups excluding carboxylic acids is 1. The summed E-state index contributed by atoms with van der Waals surface area (Å²) in [6.07, 6.45) is -2.13. The number of esters is 1. The van der Waals surface area contributed by atoms with Gasteiger partial charge in [0, 0.05) is 0 Å². The molecule has 0 aromatic heterocycles. The first kappa shape index (κ1) is 15.5. The molecule has 0 unspecified atom stereocenters. The molecular formula is C14H10F3NO2. The fourth-order valence-corrected chi connectivity index (χ4v) is 1.32. The first-order valence-electron chi connectivity index (χ1n) is 5.45. The summed E-state index contributed by atoms with van der Waals surface area (Å²) in [7, 11) is 0. The third kappa shape index (κ3) is 4.28. The predicted molar refractivity (Wildman–Crippen MR) is 66.2 cm³/mol. The number of hydrogen-bond donors (Lipinski definition) is 0. The third-order valence-electron chi connectivity index (χ3n) is 2.20. The van der Waals surface area contributed by atoms with E-state index in [9.17, 15) is 18.0 Å². The van der Waals surface area contributed by atoms with Crippen LogP contribution in [0.5, 0.6) is 0 Å². The van der Waals surface area contributed by atoms with Gasteiger partial charge in [0.05, 0.1) is 5.56 Å². The van der Waals surface area contributed by atoms with Crippen molar-refractivity contribution in [2.75, 3.05) is 6.61 Å². The van der Waals surface area contributed by atoms with E-state index >= 15 is 0 Å². The molecule has 1 rings (SSSR count). The average molecular weight is 281 g/mol. The van der Waals surface area contributed by atoms with Gasteiger partial charge in [-0.3, -0.25) is 0 Å². The van der Waals surface area contributed by atoms with Crippen LogP contribution in [0.2, 0.25) is 0 Å². The van der Waals surface area contributed by atoms with Crippen molar-refractivity contribution in [1.82, 2.24) is 0 Å². The Morgan fingerprint density at radius 2 is 2.15 bits per heavy atom. The predicted octanol–water partition coefficient (Wildman–Crippen LogP) is 3.34. The molecule has 0 amide bonds. The second-order valence-corrected chi connectivity index (χ2v) is 3.68. The highest BCUT2D eigenvalue weighted by Gasteiger charge is 2.30. The van der Waals surface area contributed by atoms with Gasteiger partial charge in [0.25, 0.3) is 0 Å².